The number of hydrogen-bond donors (Lipinski definition) is 0. The minimum atomic E-state index is -3.82. The predicted molar refractivity (Wildman–Crippen MR) is 326 cm³/mol. The fraction of sp³-hybridized carbons (Fsp3) is 0.467. The zero-order valence-corrected chi connectivity index (χ0v) is 50.3. The summed E-state index contributed by atoms with van der Waals surface area (Å²) in [6.45, 7) is 14.8. The summed E-state index contributed by atoms with van der Waals surface area (Å²) in [6, 6.07) is 21.1. The third-order valence-corrected chi connectivity index (χ3v) is 20.9. The van der Waals surface area contributed by atoms with E-state index in [1.165, 1.54) is 7.94 Å². The van der Waals surface area contributed by atoms with Crippen molar-refractivity contribution in [2.75, 3.05) is 26.4 Å². The molecule has 5 aliphatic rings. The summed E-state index contributed by atoms with van der Waals surface area (Å²) in [5.41, 5.74) is 7.10. The smallest absolute Gasteiger partial charge is 0.399 e. The quantitative estimate of drug-likeness (QED) is 0.103. The molecule has 2 aromatic carbocycles. The van der Waals surface area contributed by atoms with Gasteiger partial charge in [-0.05, 0) is 149 Å². The lowest BCUT2D eigenvalue weighted by Gasteiger charge is -2.35. The summed E-state index contributed by atoms with van der Waals surface area (Å²) in [5, 5.41) is 10.5. The molecule has 0 radical (unpaired) electrons. The highest BCUT2D eigenvalue weighted by atomic mass is 127. The highest BCUT2D eigenvalue weighted by molar-refractivity contribution is 14.1. The van der Waals surface area contributed by atoms with E-state index in [1.807, 2.05) is 52.7 Å². The molecule has 0 N–H and O–H groups in total. The number of halogens is 1. The largest absolute Gasteiger partial charge is 0.498 e. The van der Waals surface area contributed by atoms with Gasteiger partial charge in [0, 0.05) is 108 Å². The van der Waals surface area contributed by atoms with Crippen LogP contribution < -0.4 is 5.46 Å². The fourth-order valence-corrected chi connectivity index (χ4v) is 15.2. The number of benzene rings is 2. The van der Waals surface area contributed by atoms with Gasteiger partial charge < -0.3 is 28.3 Å². The van der Waals surface area contributed by atoms with Crippen molar-refractivity contribution >= 4 is 77.3 Å². The number of nitrogens with zero attached hydrogens (tertiary/aromatic N) is 8. The Morgan fingerprint density at radius 1 is 0.561 bits per heavy atom. The van der Waals surface area contributed by atoms with Gasteiger partial charge in [-0.3, -0.25) is 9.36 Å². The molecule has 0 atom stereocenters. The molecule has 0 amide bonds. The molecule has 9 heterocycles. The first kappa shape index (κ1) is 61.3. The van der Waals surface area contributed by atoms with Crippen LogP contribution in [-0.4, -0.2) is 111 Å². The van der Waals surface area contributed by atoms with Gasteiger partial charge in [0.1, 0.15) is 0 Å². The van der Waals surface area contributed by atoms with E-state index in [9.17, 15) is 16.8 Å². The minimum absolute atomic E-state index is 0. The third kappa shape index (κ3) is 11.8. The fourth-order valence-electron chi connectivity index (χ4n) is 11.6. The van der Waals surface area contributed by atoms with Crippen LogP contribution >= 0.6 is 22.6 Å². The molecule has 0 unspecified atom stereocenters. The molecule has 6 aromatic heterocycles. The number of hydrogen-bond acceptors (Lipinski definition) is 14. The van der Waals surface area contributed by atoms with E-state index in [0.29, 0.717) is 49.6 Å². The number of aryl methyl sites for hydroxylation is 4. The summed E-state index contributed by atoms with van der Waals surface area (Å²) in [4.78, 5) is 9.77. The van der Waals surface area contributed by atoms with Gasteiger partial charge in [-0.1, -0.05) is 51.3 Å². The maximum Gasteiger partial charge on any atom is 0.498 e. The number of pyridine rings is 2. The molecule has 22 heteroatoms. The highest BCUT2D eigenvalue weighted by Crippen LogP contribution is 2.45. The Balaban J connectivity index is 0.000000156. The molecule has 18 nitrogen and oxygen atoms in total. The lowest BCUT2D eigenvalue weighted by molar-refractivity contribution is -0.179. The van der Waals surface area contributed by atoms with Crippen LogP contribution in [0.3, 0.4) is 0 Å². The van der Waals surface area contributed by atoms with Gasteiger partial charge >= 0.3 is 7.12 Å². The Kier molecular flexibility index (Phi) is 17.7. The Hall–Kier alpha value is -5.31. The first-order valence-corrected chi connectivity index (χ1v) is 31.2. The molecular weight excluding hydrogens is 1190 g/mol. The second kappa shape index (κ2) is 23.6. The number of ether oxygens (including phenoxy) is 4. The molecule has 13 rings (SSSR count). The monoisotopic (exact) mass is 1270 g/mol. The molecule has 3 aliphatic heterocycles. The second-order valence-electron chi connectivity index (χ2n) is 22.5. The summed E-state index contributed by atoms with van der Waals surface area (Å²) in [6.07, 6.45) is 18.2. The molecule has 2 aliphatic carbocycles. The van der Waals surface area contributed by atoms with Crippen molar-refractivity contribution in [1.29, 1.82) is 0 Å². The maximum atomic E-state index is 13.6. The van der Waals surface area contributed by atoms with Crippen molar-refractivity contribution in [3.8, 4) is 11.1 Å². The van der Waals surface area contributed by atoms with E-state index in [-0.39, 0.29) is 48.8 Å². The van der Waals surface area contributed by atoms with Gasteiger partial charge in [-0.25, -0.2) is 34.7 Å². The average Bonchev–Trinajstić information content (AvgIpc) is 4.37. The van der Waals surface area contributed by atoms with Crippen LogP contribution in [0.15, 0.2) is 120 Å². The van der Waals surface area contributed by atoms with E-state index in [2.05, 4.69) is 77.6 Å². The van der Waals surface area contributed by atoms with Gasteiger partial charge in [0.25, 0.3) is 20.0 Å². The van der Waals surface area contributed by atoms with Crippen molar-refractivity contribution in [2.24, 2.45) is 14.1 Å². The van der Waals surface area contributed by atoms with Gasteiger partial charge in [0.05, 0.1) is 58.8 Å². The van der Waals surface area contributed by atoms with E-state index < -0.39 is 25.8 Å². The van der Waals surface area contributed by atoms with E-state index in [0.717, 1.165) is 105 Å². The van der Waals surface area contributed by atoms with Crippen LogP contribution in [0.1, 0.15) is 128 Å². The third-order valence-electron chi connectivity index (χ3n) is 16.7. The molecule has 0 bridgehead atoms. The van der Waals surface area contributed by atoms with Gasteiger partial charge in [-0.2, -0.15) is 10.2 Å². The van der Waals surface area contributed by atoms with Crippen LogP contribution in [0.4, 0.5) is 0 Å². The molecule has 438 valence electrons. The van der Waals surface area contributed by atoms with E-state index >= 15 is 0 Å². The second-order valence-corrected chi connectivity index (χ2v) is 27.3. The number of rotatable bonds is 8. The molecule has 2 spiro atoms. The van der Waals surface area contributed by atoms with Crippen LogP contribution in [0.2, 0.25) is 0 Å². The lowest BCUT2D eigenvalue weighted by atomic mass is 9.79. The van der Waals surface area contributed by atoms with Gasteiger partial charge in [0.2, 0.25) is 0 Å². The summed E-state index contributed by atoms with van der Waals surface area (Å²) in [5.74, 6) is -0.0910. The standard InChI is InChI=1S/C26H28N4O4S.C21H21IN2O4S.C11H19BN2O2.2CH4/c1-18-23(16-29(2)28-18)24-17-30(35(31,32)21-6-4-3-5-7-21)25-22(24)14-20(15-27-25)19-8-10-26(11-9-19)33-12-13-34-26;22-19-14-24(29(25,26)17-4-2-1-3-5-17)20-18(19)12-16(13-23-20)15-6-8-21(9-7-15)27-10-11-28-21;1-8-9(7-14(6)13-8)12-15-10(2,3)11(4,5)16-12;;/h3-7,14-17,19H,8-13H2,1-2H3;1-5,12-15H,6-11H2;7H,1-6H3;2*1H4. The first-order valence-electron chi connectivity index (χ1n) is 27.3. The molecule has 2 saturated carbocycles. The average molecular weight is 1270 g/mol. The van der Waals surface area contributed by atoms with E-state index in [4.69, 9.17) is 33.2 Å². The summed E-state index contributed by atoms with van der Waals surface area (Å²) >= 11 is 2.19. The van der Waals surface area contributed by atoms with Crippen molar-refractivity contribution in [2.45, 2.75) is 152 Å². The lowest BCUT2D eigenvalue weighted by Crippen LogP contribution is -2.41. The topological polar surface area (TPSA) is 195 Å². The van der Waals surface area contributed by atoms with Crippen LogP contribution in [0.25, 0.3) is 33.2 Å². The number of fused-ring (bicyclic) bond motifs is 2. The highest BCUT2D eigenvalue weighted by Gasteiger charge is 2.52. The molecule has 8 aromatic rings. The maximum absolute atomic E-state index is 13.6. The summed E-state index contributed by atoms with van der Waals surface area (Å²) in [7, 11) is -4.04. The normalized spacial score (nSPS) is 20.1. The number of aromatic nitrogens is 8. The van der Waals surface area contributed by atoms with Crippen LogP contribution in [-0.2, 0) is 62.4 Å². The Bertz CT molecular complexity index is 3760. The molecular formula is C60H76BIN8O10S2. The Labute approximate surface area is 496 Å². The predicted octanol–water partition coefficient (Wildman–Crippen LogP) is 11.0. The molecule has 82 heavy (non-hydrogen) atoms. The zero-order valence-electron chi connectivity index (χ0n) is 46.5. The van der Waals surface area contributed by atoms with E-state index in [1.54, 1.807) is 82.4 Å². The Morgan fingerprint density at radius 2 is 0.976 bits per heavy atom. The first-order chi connectivity index (χ1) is 38.1. The van der Waals surface area contributed by atoms with Crippen LogP contribution in [0, 0.1) is 17.4 Å². The molecule has 3 saturated heterocycles. The van der Waals surface area contributed by atoms with Crippen molar-refractivity contribution in [3.63, 3.8) is 0 Å². The SMILES string of the molecule is C.C.Cc1nn(C)cc1-c1cn(S(=O)(=O)c2ccccc2)c2ncc(C3CCC4(CC3)OCCO4)cc12.Cc1nn(C)cc1B1OC(C)(C)C(C)(C)O1.O=S(=O)(c1ccccc1)n1cc(I)c2cc(C3CCC4(CC3)OCCO4)cnc21. The van der Waals surface area contributed by atoms with Crippen molar-refractivity contribution in [3.05, 3.63) is 136 Å². The van der Waals surface area contributed by atoms with Crippen LogP contribution in [0.5, 0.6) is 0 Å². The van der Waals surface area contributed by atoms with Crippen molar-refractivity contribution < 1.29 is 45.1 Å². The summed E-state index contributed by atoms with van der Waals surface area (Å²) < 4.78 is 95.7. The zero-order chi connectivity index (χ0) is 56.4. The molecule has 5 fully saturated rings. The van der Waals surface area contributed by atoms with Crippen molar-refractivity contribution in [1.82, 2.24) is 37.5 Å². The van der Waals surface area contributed by atoms with Gasteiger partial charge in [0.15, 0.2) is 22.9 Å². The minimum Gasteiger partial charge on any atom is -0.399 e. The Morgan fingerprint density at radius 3 is 1.40 bits per heavy atom. The van der Waals surface area contributed by atoms with Gasteiger partial charge in [-0.15, -0.1) is 0 Å².